The topological polar surface area (TPSA) is 75.9 Å². The number of aromatic nitrogens is 1. The predicted molar refractivity (Wildman–Crippen MR) is 98.1 cm³/mol. The molecule has 0 spiro atoms. The average molecular weight is 369 g/mol. The molecule has 4 rings (SSSR count). The Bertz CT molecular complexity index is 791. The molecular weight excluding hydrogens is 346 g/mol. The Morgan fingerprint density at radius 2 is 1.78 bits per heavy atom. The van der Waals surface area contributed by atoms with Gasteiger partial charge in [-0.25, -0.2) is 9.78 Å². The molecule has 0 atom stereocenters. The van der Waals surface area contributed by atoms with Crippen LogP contribution in [-0.4, -0.2) is 59.1 Å². The molecular formula is C20H23N3O4. The molecule has 2 fully saturated rings. The van der Waals surface area contributed by atoms with Gasteiger partial charge in [0, 0.05) is 36.3 Å². The number of rotatable bonds is 4. The lowest BCUT2D eigenvalue weighted by molar-refractivity contribution is 0.0534. The van der Waals surface area contributed by atoms with E-state index in [0.29, 0.717) is 30.5 Å². The number of nitrogens with zero attached hydrogens (tertiary/aromatic N) is 3. The lowest BCUT2D eigenvalue weighted by Gasteiger charge is -2.38. The van der Waals surface area contributed by atoms with Crippen molar-refractivity contribution >= 4 is 12.0 Å². The van der Waals surface area contributed by atoms with Gasteiger partial charge in [-0.2, -0.15) is 0 Å². The van der Waals surface area contributed by atoms with E-state index in [2.05, 4.69) is 4.98 Å². The van der Waals surface area contributed by atoms with Gasteiger partial charge in [-0.05, 0) is 37.8 Å². The maximum absolute atomic E-state index is 13.2. The van der Waals surface area contributed by atoms with E-state index in [-0.39, 0.29) is 18.0 Å². The van der Waals surface area contributed by atoms with Gasteiger partial charge in [0.2, 0.25) is 0 Å². The van der Waals surface area contributed by atoms with Crippen molar-refractivity contribution in [3.8, 4) is 11.3 Å². The van der Waals surface area contributed by atoms with Crippen molar-refractivity contribution in [2.45, 2.75) is 37.8 Å². The van der Waals surface area contributed by atoms with Gasteiger partial charge in [0.1, 0.15) is 0 Å². The second kappa shape index (κ2) is 7.42. The van der Waals surface area contributed by atoms with Crippen molar-refractivity contribution in [1.29, 1.82) is 0 Å². The molecule has 142 valence electrons. The van der Waals surface area contributed by atoms with Crippen molar-refractivity contribution in [1.82, 2.24) is 14.8 Å². The van der Waals surface area contributed by atoms with Crippen LogP contribution in [0.1, 0.15) is 36.0 Å². The Labute approximate surface area is 157 Å². The van der Waals surface area contributed by atoms with Crippen LogP contribution in [0.3, 0.4) is 0 Å². The third-order valence-corrected chi connectivity index (χ3v) is 5.31. The molecule has 2 aromatic rings. The summed E-state index contributed by atoms with van der Waals surface area (Å²) >= 11 is 0. The molecule has 1 aromatic heterocycles. The zero-order valence-electron chi connectivity index (χ0n) is 15.3. The molecule has 0 N–H and O–H groups in total. The van der Waals surface area contributed by atoms with E-state index >= 15 is 0 Å². The molecule has 1 aliphatic carbocycles. The number of hydrogen-bond acceptors (Lipinski definition) is 5. The monoisotopic (exact) mass is 369 g/mol. The number of likely N-dealkylation sites (tertiary alicyclic amines) is 1. The summed E-state index contributed by atoms with van der Waals surface area (Å²) in [5, 5.41) is 0. The number of piperidine rings is 1. The molecule has 2 aliphatic rings. The Morgan fingerprint density at radius 1 is 1.11 bits per heavy atom. The Kier molecular flexibility index (Phi) is 4.83. The van der Waals surface area contributed by atoms with Crippen molar-refractivity contribution in [3.05, 3.63) is 42.4 Å². The minimum absolute atomic E-state index is 0.0677. The fourth-order valence-electron chi connectivity index (χ4n) is 3.72. The number of carbonyl (C=O) groups excluding carboxylic acids is 2. The summed E-state index contributed by atoms with van der Waals surface area (Å²) in [6, 6.07) is 7.95. The summed E-state index contributed by atoms with van der Waals surface area (Å²) < 4.78 is 10.1. The number of hydrogen-bond donors (Lipinski definition) is 0. The van der Waals surface area contributed by atoms with E-state index in [0.717, 1.165) is 31.2 Å². The number of methoxy groups -OCH3 is 1. The van der Waals surface area contributed by atoms with Gasteiger partial charge >= 0.3 is 6.09 Å². The minimum atomic E-state index is -0.291. The smallest absolute Gasteiger partial charge is 0.409 e. The summed E-state index contributed by atoms with van der Waals surface area (Å²) in [5.74, 6) is 0.751. The highest BCUT2D eigenvalue weighted by Gasteiger charge is 2.39. The van der Waals surface area contributed by atoms with Crippen molar-refractivity contribution in [2.24, 2.45) is 0 Å². The fraction of sp³-hybridized carbons (Fsp3) is 0.450. The van der Waals surface area contributed by atoms with Gasteiger partial charge in [-0.3, -0.25) is 4.79 Å². The molecule has 0 bridgehead atoms. The molecule has 2 heterocycles. The predicted octanol–water partition coefficient (Wildman–Crippen LogP) is 3.18. The molecule has 1 saturated heterocycles. The van der Waals surface area contributed by atoms with Crippen LogP contribution in [0.25, 0.3) is 11.3 Å². The number of carbonyl (C=O) groups is 2. The van der Waals surface area contributed by atoms with E-state index in [1.807, 2.05) is 29.2 Å². The summed E-state index contributed by atoms with van der Waals surface area (Å²) in [6.45, 7) is 1.25. The van der Waals surface area contributed by atoms with Gasteiger partial charge in [0.25, 0.3) is 5.91 Å². The van der Waals surface area contributed by atoms with E-state index < -0.39 is 0 Å². The first-order valence-electron chi connectivity index (χ1n) is 9.32. The lowest BCUT2D eigenvalue weighted by Crippen LogP contribution is -2.49. The fourth-order valence-corrected chi connectivity index (χ4v) is 3.72. The summed E-state index contributed by atoms with van der Waals surface area (Å²) in [6.07, 6.45) is 6.44. The SMILES string of the molecule is COC(=O)N1CCC(N(C(=O)c2ccc(-c3cnco3)cc2)C2CC2)CC1. The van der Waals surface area contributed by atoms with Gasteiger partial charge in [-0.1, -0.05) is 12.1 Å². The molecule has 7 nitrogen and oxygen atoms in total. The van der Waals surface area contributed by atoms with E-state index in [1.165, 1.54) is 13.5 Å². The standard InChI is InChI=1S/C20H23N3O4/c1-26-20(25)22-10-8-17(9-11-22)23(16-6-7-16)19(24)15-4-2-14(3-5-15)18-12-21-13-27-18/h2-5,12-13,16-17H,6-11H2,1H3. The number of ether oxygens (including phenoxy) is 1. The highest BCUT2D eigenvalue weighted by atomic mass is 16.5. The molecule has 1 aliphatic heterocycles. The number of oxazole rings is 1. The average Bonchev–Trinajstić information content (AvgIpc) is 3.39. The van der Waals surface area contributed by atoms with Crippen LogP contribution in [0, 0.1) is 0 Å². The van der Waals surface area contributed by atoms with Gasteiger partial charge < -0.3 is 19.0 Å². The van der Waals surface area contributed by atoms with Crippen LogP contribution in [-0.2, 0) is 4.74 Å². The largest absolute Gasteiger partial charge is 0.453 e. The molecule has 1 saturated carbocycles. The van der Waals surface area contributed by atoms with Crippen LogP contribution in [0.2, 0.25) is 0 Å². The zero-order chi connectivity index (χ0) is 18.8. The Morgan fingerprint density at radius 3 is 2.33 bits per heavy atom. The van der Waals surface area contributed by atoms with E-state index in [1.54, 1.807) is 11.1 Å². The lowest BCUT2D eigenvalue weighted by atomic mass is 10.0. The number of amides is 2. The molecule has 27 heavy (non-hydrogen) atoms. The Balaban J connectivity index is 1.46. The molecule has 7 heteroatoms. The highest BCUT2D eigenvalue weighted by Crippen LogP contribution is 2.33. The first-order valence-corrected chi connectivity index (χ1v) is 9.32. The summed E-state index contributed by atoms with van der Waals surface area (Å²) in [5.41, 5.74) is 1.58. The van der Waals surface area contributed by atoms with Gasteiger partial charge in [-0.15, -0.1) is 0 Å². The van der Waals surface area contributed by atoms with E-state index in [4.69, 9.17) is 9.15 Å². The first-order chi connectivity index (χ1) is 13.2. The zero-order valence-corrected chi connectivity index (χ0v) is 15.3. The minimum Gasteiger partial charge on any atom is -0.453 e. The highest BCUT2D eigenvalue weighted by molar-refractivity contribution is 5.95. The van der Waals surface area contributed by atoms with E-state index in [9.17, 15) is 9.59 Å². The van der Waals surface area contributed by atoms with Crippen LogP contribution < -0.4 is 0 Å². The quantitative estimate of drug-likeness (QED) is 0.827. The van der Waals surface area contributed by atoms with Crippen LogP contribution in [0.5, 0.6) is 0 Å². The molecule has 1 aromatic carbocycles. The second-order valence-electron chi connectivity index (χ2n) is 7.07. The maximum Gasteiger partial charge on any atom is 0.409 e. The third-order valence-electron chi connectivity index (χ3n) is 5.31. The third kappa shape index (κ3) is 3.67. The van der Waals surface area contributed by atoms with Crippen molar-refractivity contribution < 1.29 is 18.7 Å². The van der Waals surface area contributed by atoms with Gasteiger partial charge in [0.05, 0.1) is 13.3 Å². The first kappa shape index (κ1) is 17.6. The summed E-state index contributed by atoms with van der Waals surface area (Å²) in [7, 11) is 1.40. The molecule has 2 amide bonds. The molecule has 0 unspecified atom stereocenters. The Hall–Kier alpha value is -2.83. The summed E-state index contributed by atoms with van der Waals surface area (Å²) in [4.78, 5) is 32.5. The maximum atomic E-state index is 13.2. The van der Waals surface area contributed by atoms with Gasteiger partial charge in [0.15, 0.2) is 12.2 Å². The van der Waals surface area contributed by atoms with Crippen molar-refractivity contribution in [2.75, 3.05) is 20.2 Å². The van der Waals surface area contributed by atoms with Crippen LogP contribution in [0.4, 0.5) is 4.79 Å². The number of benzene rings is 1. The van der Waals surface area contributed by atoms with Crippen LogP contribution >= 0.6 is 0 Å². The molecule has 0 radical (unpaired) electrons. The normalized spacial score (nSPS) is 17.6. The second-order valence-corrected chi connectivity index (χ2v) is 7.07. The van der Waals surface area contributed by atoms with Crippen molar-refractivity contribution in [3.63, 3.8) is 0 Å². The van der Waals surface area contributed by atoms with Crippen LogP contribution in [0.15, 0.2) is 41.3 Å².